The fraction of sp³-hybridized carbons (Fsp3) is 0.571. The molecule has 1 aromatic carbocycles. The molecule has 1 N–H and O–H groups in total. The summed E-state index contributed by atoms with van der Waals surface area (Å²) in [5.74, 6) is -0.177. The van der Waals surface area contributed by atoms with E-state index in [1.807, 2.05) is 13.1 Å². The van der Waals surface area contributed by atoms with Crippen molar-refractivity contribution in [2.45, 2.75) is 38.3 Å². The highest BCUT2D eigenvalue weighted by atomic mass is 19.1. The Kier molecular flexibility index (Phi) is 5.09. The fourth-order valence-electron chi connectivity index (χ4n) is 1.90. The third kappa shape index (κ3) is 4.84. The van der Waals surface area contributed by atoms with Gasteiger partial charge in [0.1, 0.15) is 5.82 Å². The van der Waals surface area contributed by atoms with Gasteiger partial charge in [0.2, 0.25) is 0 Å². The number of likely N-dealkylation sites (N-methyl/N-ethyl adjacent to an activating group) is 1. The third-order valence-electron chi connectivity index (χ3n) is 3.07. The van der Waals surface area contributed by atoms with E-state index in [-0.39, 0.29) is 17.5 Å². The van der Waals surface area contributed by atoms with E-state index in [1.54, 1.807) is 19.2 Å². The van der Waals surface area contributed by atoms with E-state index in [1.165, 1.54) is 6.07 Å². The molecule has 0 fully saturated rings. The molecular weight excluding hydrogens is 217 g/mol. The van der Waals surface area contributed by atoms with Gasteiger partial charge in [0.25, 0.3) is 0 Å². The molecule has 2 nitrogen and oxygen atoms in total. The molecular formula is C14H22FNO. The van der Waals surface area contributed by atoms with Crippen LogP contribution in [0.3, 0.4) is 0 Å². The molecule has 1 aromatic rings. The van der Waals surface area contributed by atoms with Crippen molar-refractivity contribution in [3.8, 4) is 0 Å². The molecule has 96 valence electrons. The van der Waals surface area contributed by atoms with Crippen LogP contribution in [0, 0.1) is 5.82 Å². The Hall–Kier alpha value is -0.930. The first-order valence-corrected chi connectivity index (χ1v) is 5.94. The SMILES string of the molecule is CNC(Cc1cccc(F)c1)CC(C)(C)OC. The van der Waals surface area contributed by atoms with Crippen LogP contribution in [0.25, 0.3) is 0 Å². The summed E-state index contributed by atoms with van der Waals surface area (Å²) in [6, 6.07) is 7.04. The number of rotatable bonds is 6. The highest BCUT2D eigenvalue weighted by molar-refractivity contribution is 5.17. The number of nitrogens with one attached hydrogen (secondary N) is 1. The molecule has 0 aromatic heterocycles. The van der Waals surface area contributed by atoms with Crippen molar-refractivity contribution in [2.24, 2.45) is 0 Å². The number of halogens is 1. The van der Waals surface area contributed by atoms with E-state index in [0.29, 0.717) is 0 Å². The van der Waals surface area contributed by atoms with Crippen LogP contribution in [-0.4, -0.2) is 25.8 Å². The standard InChI is InChI=1S/C14H22FNO/c1-14(2,17-4)10-13(16-3)9-11-6-5-7-12(15)8-11/h5-8,13,16H,9-10H2,1-4H3. The first-order valence-electron chi connectivity index (χ1n) is 5.94. The molecule has 0 aliphatic rings. The molecule has 0 heterocycles. The lowest BCUT2D eigenvalue weighted by Gasteiger charge is -2.28. The van der Waals surface area contributed by atoms with Gasteiger partial charge in [0.05, 0.1) is 5.60 Å². The second-order valence-electron chi connectivity index (χ2n) is 4.99. The summed E-state index contributed by atoms with van der Waals surface area (Å²) < 4.78 is 18.5. The molecule has 0 aliphatic heterocycles. The van der Waals surface area contributed by atoms with E-state index in [2.05, 4.69) is 19.2 Å². The van der Waals surface area contributed by atoms with Crippen molar-refractivity contribution >= 4 is 0 Å². The molecule has 0 bridgehead atoms. The number of methoxy groups -OCH3 is 1. The predicted molar refractivity (Wildman–Crippen MR) is 68.7 cm³/mol. The minimum absolute atomic E-state index is 0.166. The number of hydrogen-bond acceptors (Lipinski definition) is 2. The number of benzene rings is 1. The van der Waals surface area contributed by atoms with Gasteiger partial charge in [0.15, 0.2) is 0 Å². The highest BCUT2D eigenvalue weighted by Crippen LogP contribution is 2.18. The molecule has 1 rings (SSSR count). The van der Waals surface area contributed by atoms with Gasteiger partial charge in [-0.3, -0.25) is 0 Å². The number of hydrogen-bond donors (Lipinski definition) is 1. The van der Waals surface area contributed by atoms with Crippen LogP contribution in [-0.2, 0) is 11.2 Å². The summed E-state index contributed by atoms with van der Waals surface area (Å²) in [4.78, 5) is 0. The Morgan fingerprint density at radius 2 is 2.12 bits per heavy atom. The topological polar surface area (TPSA) is 21.3 Å². The average molecular weight is 239 g/mol. The highest BCUT2D eigenvalue weighted by Gasteiger charge is 2.22. The van der Waals surface area contributed by atoms with E-state index in [4.69, 9.17) is 4.74 Å². The largest absolute Gasteiger partial charge is 0.379 e. The van der Waals surface area contributed by atoms with Crippen LogP contribution in [0.2, 0.25) is 0 Å². The Bertz CT molecular complexity index is 352. The quantitative estimate of drug-likeness (QED) is 0.824. The summed E-state index contributed by atoms with van der Waals surface area (Å²) in [6.07, 6.45) is 1.69. The lowest BCUT2D eigenvalue weighted by molar-refractivity contribution is 0.00772. The van der Waals surface area contributed by atoms with Gasteiger partial charge in [-0.1, -0.05) is 12.1 Å². The zero-order valence-electron chi connectivity index (χ0n) is 11.1. The normalized spacial score (nSPS) is 13.7. The van der Waals surface area contributed by atoms with E-state index in [9.17, 15) is 4.39 Å². The number of ether oxygens (including phenoxy) is 1. The van der Waals surface area contributed by atoms with Gasteiger partial charge in [-0.05, 0) is 51.4 Å². The Morgan fingerprint density at radius 1 is 1.41 bits per heavy atom. The zero-order chi connectivity index (χ0) is 12.9. The molecule has 0 saturated carbocycles. The van der Waals surface area contributed by atoms with Crippen molar-refractivity contribution in [1.82, 2.24) is 5.32 Å². The molecule has 0 radical (unpaired) electrons. The van der Waals surface area contributed by atoms with Crippen LogP contribution < -0.4 is 5.32 Å². The molecule has 0 saturated heterocycles. The monoisotopic (exact) mass is 239 g/mol. The first-order chi connectivity index (χ1) is 7.96. The Morgan fingerprint density at radius 3 is 2.65 bits per heavy atom. The van der Waals surface area contributed by atoms with Gasteiger partial charge in [0, 0.05) is 13.2 Å². The summed E-state index contributed by atoms with van der Waals surface area (Å²) in [5.41, 5.74) is 0.845. The molecule has 0 amide bonds. The molecule has 0 aliphatic carbocycles. The van der Waals surface area contributed by atoms with E-state index >= 15 is 0 Å². The van der Waals surface area contributed by atoms with Crippen LogP contribution in [0.15, 0.2) is 24.3 Å². The van der Waals surface area contributed by atoms with Crippen LogP contribution in [0.5, 0.6) is 0 Å². The summed E-state index contributed by atoms with van der Waals surface area (Å²) in [6.45, 7) is 4.12. The van der Waals surface area contributed by atoms with Crippen LogP contribution >= 0.6 is 0 Å². The van der Waals surface area contributed by atoms with E-state index in [0.717, 1.165) is 18.4 Å². The molecule has 1 unspecified atom stereocenters. The Labute approximate surface area is 103 Å². The van der Waals surface area contributed by atoms with Crippen molar-refractivity contribution in [3.63, 3.8) is 0 Å². The maximum absolute atomic E-state index is 13.1. The molecule has 0 spiro atoms. The smallest absolute Gasteiger partial charge is 0.123 e. The lowest BCUT2D eigenvalue weighted by Crippen LogP contribution is -2.37. The minimum atomic E-state index is -0.177. The van der Waals surface area contributed by atoms with Gasteiger partial charge < -0.3 is 10.1 Å². The third-order valence-corrected chi connectivity index (χ3v) is 3.07. The molecule has 17 heavy (non-hydrogen) atoms. The van der Waals surface area contributed by atoms with E-state index < -0.39 is 0 Å². The first kappa shape index (κ1) is 14.1. The zero-order valence-corrected chi connectivity index (χ0v) is 11.1. The predicted octanol–water partition coefficient (Wildman–Crippen LogP) is 2.77. The van der Waals surface area contributed by atoms with Crippen molar-refractivity contribution in [3.05, 3.63) is 35.6 Å². The van der Waals surface area contributed by atoms with Crippen molar-refractivity contribution in [1.29, 1.82) is 0 Å². The minimum Gasteiger partial charge on any atom is -0.379 e. The van der Waals surface area contributed by atoms with Crippen molar-refractivity contribution < 1.29 is 9.13 Å². The summed E-state index contributed by atoms with van der Waals surface area (Å²) in [7, 11) is 3.64. The second-order valence-corrected chi connectivity index (χ2v) is 4.99. The van der Waals surface area contributed by atoms with Gasteiger partial charge >= 0.3 is 0 Å². The van der Waals surface area contributed by atoms with Crippen LogP contribution in [0.1, 0.15) is 25.8 Å². The maximum atomic E-state index is 13.1. The fourth-order valence-corrected chi connectivity index (χ4v) is 1.90. The summed E-state index contributed by atoms with van der Waals surface area (Å²) >= 11 is 0. The van der Waals surface area contributed by atoms with Gasteiger partial charge in [-0.2, -0.15) is 0 Å². The van der Waals surface area contributed by atoms with Gasteiger partial charge in [-0.15, -0.1) is 0 Å². The molecule has 1 atom stereocenters. The van der Waals surface area contributed by atoms with Crippen LogP contribution in [0.4, 0.5) is 4.39 Å². The molecule has 3 heteroatoms. The summed E-state index contributed by atoms with van der Waals surface area (Å²) in [5, 5.41) is 3.26. The Balaban J connectivity index is 2.64. The van der Waals surface area contributed by atoms with Crippen molar-refractivity contribution in [2.75, 3.05) is 14.2 Å². The second kappa shape index (κ2) is 6.12. The average Bonchev–Trinajstić information content (AvgIpc) is 2.28. The van der Waals surface area contributed by atoms with Gasteiger partial charge in [-0.25, -0.2) is 4.39 Å². The maximum Gasteiger partial charge on any atom is 0.123 e. The lowest BCUT2D eigenvalue weighted by atomic mass is 9.94.